The Balaban J connectivity index is 1.87. The molecule has 0 saturated heterocycles. The lowest BCUT2D eigenvalue weighted by molar-refractivity contribution is 0.587. The molecule has 0 aliphatic carbocycles. The second-order valence-corrected chi connectivity index (χ2v) is 9.69. The molecular weight excluding hydrogens is 416 g/mol. The summed E-state index contributed by atoms with van der Waals surface area (Å²) in [5.74, 6) is 1.45. The quantitative estimate of drug-likeness (QED) is 0.427. The van der Waals surface area contributed by atoms with Crippen molar-refractivity contribution in [2.45, 2.75) is 18.5 Å². The number of hydrogen-bond donors (Lipinski definition) is 1. The fraction of sp³-hybridized carbons (Fsp3) is 0.263. The lowest BCUT2D eigenvalue weighted by Crippen LogP contribution is -2.23. The molecule has 0 bridgehead atoms. The number of thioether (sulfide) groups is 1. The van der Waals surface area contributed by atoms with Gasteiger partial charge in [0.15, 0.2) is 11.0 Å². The van der Waals surface area contributed by atoms with E-state index in [4.69, 9.17) is 11.6 Å². The first kappa shape index (κ1) is 20.9. The number of aromatic nitrogens is 3. The first-order valence-corrected chi connectivity index (χ1v) is 11.9. The molecule has 0 spiro atoms. The second-order valence-electron chi connectivity index (χ2n) is 6.36. The van der Waals surface area contributed by atoms with Crippen molar-refractivity contribution in [2.75, 3.05) is 18.6 Å². The number of nitrogens with one attached hydrogen (secondary N) is 1. The average Bonchev–Trinajstić information content (AvgIpc) is 3.05. The van der Waals surface area contributed by atoms with Gasteiger partial charge in [-0.15, -0.1) is 10.2 Å². The lowest BCUT2D eigenvalue weighted by Gasteiger charge is -2.11. The molecule has 3 aromatic rings. The number of halogens is 1. The molecule has 1 N–H and O–H groups in total. The van der Waals surface area contributed by atoms with Gasteiger partial charge in [-0.1, -0.05) is 35.5 Å². The van der Waals surface area contributed by atoms with Crippen LogP contribution in [0.3, 0.4) is 0 Å². The molecule has 1 aromatic heterocycles. The molecule has 9 heteroatoms. The molecule has 0 radical (unpaired) electrons. The normalized spacial score (nSPS) is 11.7. The Morgan fingerprint density at radius 2 is 1.89 bits per heavy atom. The number of aryl methyl sites for hydroxylation is 1. The van der Waals surface area contributed by atoms with E-state index in [1.807, 2.05) is 54.0 Å². The highest BCUT2D eigenvalue weighted by Crippen LogP contribution is 2.29. The summed E-state index contributed by atoms with van der Waals surface area (Å²) in [7, 11) is -3.16. The van der Waals surface area contributed by atoms with Crippen LogP contribution in [0.4, 0.5) is 0 Å². The molecule has 0 aliphatic rings. The fourth-order valence-corrected chi connectivity index (χ4v) is 4.17. The number of benzene rings is 2. The molecular formula is C19H21ClN4O2S2. The minimum absolute atomic E-state index is 0.397. The van der Waals surface area contributed by atoms with E-state index in [0.717, 1.165) is 34.1 Å². The number of sulfonamides is 1. The lowest BCUT2D eigenvalue weighted by atomic mass is 10.2. The highest BCUT2D eigenvalue weighted by molar-refractivity contribution is 7.99. The molecule has 0 aliphatic heterocycles. The van der Waals surface area contributed by atoms with Gasteiger partial charge in [-0.05, 0) is 55.3 Å². The van der Waals surface area contributed by atoms with E-state index in [0.29, 0.717) is 23.7 Å². The van der Waals surface area contributed by atoms with Gasteiger partial charge in [-0.3, -0.25) is 4.57 Å². The van der Waals surface area contributed by atoms with Gasteiger partial charge in [-0.2, -0.15) is 0 Å². The van der Waals surface area contributed by atoms with Crippen LogP contribution in [0.15, 0.2) is 53.7 Å². The Labute approximate surface area is 174 Å². The van der Waals surface area contributed by atoms with Crippen molar-refractivity contribution in [1.82, 2.24) is 19.5 Å². The van der Waals surface area contributed by atoms with Crippen LogP contribution in [-0.2, 0) is 10.0 Å². The summed E-state index contributed by atoms with van der Waals surface area (Å²) in [6, 6.07) is 15.6. The van der Waals surface area contributed by atoms with Crippen molar-refractivity contribution in [1.29, 1.82) is 0 Å². The molecule has 148 valence electrons. The van der Waals surface area contributed by atoms with Crippen molar-refractivity contribution in [3.63, 3.8) is 0 Å². The van der Waals surface area contributed by atoms with Gasteiger partial charge in [0.1, 0.15) is 0 Å². The molecule has 0 unspecified atom stereocenters. The van der Waals surface area contributed by atoms with Gasteiger partial charge in [0, 0.05) is 28.6 Å². The minimum Gasteiger partial charge on any atom is -0.270 e. The monoisotopic (exact) mass is 436 g/mol. The van der Waals surface area contributed by atoms with Crippen LogP contribution in [0.2, 0.25) is 5.02 Å². The number of hydrogen-bond acceptors (Lipinski definition) is 5. The largest absolute Gasteiger partial charge is 0.270 e. The summed E-state index contributed by atoms with van der Waals surface area (Å²) in [5.41, 5.74) is 3.04. The Kier molecular flexibility index (Phi) is 6.77. The predicted molar refractivity (Wildman–Crippen MR) is 115 cm³/mol. The third kappa shape index (κ3) is 5.57. The van der Waals surface area contributed by atoms with Gasteiger partial charge in [0.25, 0.3) is 0 Å². The molecule has 6 nitrogen and oxygen atoms in total. The summed E-state index contributed by atoms with van der Waals surface area (Å²) < 4.78 is 26.9. The average molecular weight is 437 g/mol. The Bertz CT molecular complexity index is 1050. The number of nitrogens with zero attached hydrogens (tertiary/aromatic N) is 3. The third-order valence-corrected chi connectivity index (χ3v) is 5.91. The summed E-state index contributed by atoms with van der Waals surface area (Å²) in [4.78, 5) is 0. The fourth-order valence-electron chi connectivity index (χ4n) is 2.64. The maximum absolute atomic E-state index is 11.2. The summed E-state index contributed by atoms with van der Waals surface area (Å²) in [5, 5.41) is 10.2. The van der Waals surface area contributed by atoms with Crippen LogP contribution < -0.4 is 4.72 Å². The van der Waals surface area contributed by atoms with E-state index >= 15 is 0 Å². The minimum atomic E-state index is -3.16. The molecule has 1 heterocycles. The molecule has 0 saturated carbocycles. The molecule has 28 heavy (non-hydrogen) atoms. The first-order valence-electron chi connectivity index (χ1n) is 8.69. The van der Waals surface area contributed by atoms with Gasteiger partial charge in [-0.25, -0.2) is 13.1 Å². The number of rotatable bonds is 8. The SMILES string of the molecule is Cc1cccc(-n2c(SCCCNS(C)(=O)=O)nnc2-c2ccc(Cl)cc2)c1. The summed E-state index contributed by atoms with van der Waals surface area (Å²) in [6.07, 6.45) is 1.85. The Morgan fingerprint density at radius 1 is 1.14 bits per heavy atom. The molecule has 2 aromatic carbocycles. The first-order chi connectivity index (χ1) is 13.3. The zero-order valence-electron chi connectivity index (χ0n) is 15.6. The second kappa shape index (κ2) is 9.09. The van der Waals surface area contributed by atoms with Crippen LogP contribution in [0, 0.1) is 6.92 Å². The summed E-state index contributed by atoms with van der Waals surface area (Å²) >= 11 is 7.56. The van der Waals surface area contributed by atoms with Crippen molar-refractivity contribution < 1.29 is 8.42 Å². The van der Waals surface area contributed by atoms with Crippen molar-refractivity contribution in [3.8, 4) is 17.1 Å². The van der Waals surface area contributed by atoms with E-state index in [9.17, 15) is 8.42 Å². The van der Waals surface area contributed by atoms with E-state index in [2.05, 4.69) is 21.0 Å². The van der Waals surface area contributed by atoms with Crippen LogP contribution in [0.5, 0.6) is 0 Å². The van der Waals surface area contributed by atoms with E-state index in [1.165, 1.54) is 0 Å². The molecule has 0 fully saturated rings. The van der Waals surface area contributed by atoms with Crippen LogP contribution in [0.1, 0.15) is 12.0 Å². The molecule has 0 amide bonds. The van der Waals surface area contributed by atoms with Gasteiger partial charge in [0.2, 0.25) is 10.0 Å². The van der Waals surface area contributed by atoms with E-state index in [-0.39, 0.29) is 0 Å². The van der Waals surface area contributed by atoms with Crippen LogP contribution >= 0.6 is 23.4 Å². The van der Waals surface area contributed by atoms with Crippen LogP contribution in [0.25, 0.3) is 17.1 Å². The highest BCUT2D eigenvalue weighted by atomic mass is 35.5. The maximum Gasteiger partial charge on any atom is 0.208 e. The van der Waals surface area contributed by atoms with Gasteiger partial charge in [0.05, 0.1) is 6.26 Å². The Hall–Kier alpha value is -1.87. The van der Waals surface area contributed by atoms with Crippen molar-refractivity contribution >= 4 is 33.4 Å². The topological polar surface area (TPSA) is 76.9 Å². The van der Waals surface area contributed by atoms with Crippen LogP contribution in [-0.4, -0.2) is 41.7 Å². The highest BCUT2D eigenvalue weighted by Gasteiger charge is 2.16. The van der Waals surface area contributed by atoms with E-state index < -0.39 is 10.0 Å². The Morgan fingerprint density at radius 3 is 2.57 bits per heavy atom. The predicted octanol–water partition coefficient (Wildman–Crippen LogP) is 3.93. The third-order valence-electron chi connectivity index (χ3n) is 3.91. The zero-order valence-corrected chi connectivity index (χ0v) is 18.0. The zero-order chi connectivity index (χ0) is 20.1. The van der Waals surface area contributed by atoms with Crippen molar-refractivity contribution in [3.05, 3.63) is 59.1 Å². The van der Waals surface area contributed by atoms with Crippen molar-refractivity contribution in [2.24, 2.45) is 0 Å². The summed E-state index contributed by atoms with van der Waals surface area (Å²) in [6.45, 7) is 2.44. The molecule has 3 rings (SSSR count). The molecule has 0 atom stereocenters. The standard InChI is InChI=1S/C19H21ClN4O2S2/c1-14-5-3-6-17(13-14)24-18(15-7-9-16(20)10-8-15)22-23-19(24)27-12-4-11-21-28(2,25)26/h3,5-10,13,21H,4,11-12H2,1-2H3. The van der Waals surface area contributed by atoms with E-state index in [1.54, 1.807) is 11.8 Å². The smallest absolute Gasteiger partial charge is 0.208 e. The van der Waals surface area contributed by atoms with Gasteiger partial charge >= 0.3 is 0 Å². The van der Waals surface area contributed by atoms with Gasteiger partial charge < -0.3 is 0 Å². The maximum atomic E-state index is 11.2.